The van der Waals surface area contributed by atoms with Gasteiger partial charge in [0, 0.05) is 16.7 Å². The van der Waals surface area contributed by atoms with Crippen LogP contribution >= 0.6 is 0 Å². The van der Waals surface area contributed by atoms with E-state index in [-0.39, 0.29) is 30.5 Å². The summed E-state index contributed by atoms with van der Waals surface area (Å²) < 4.78 is 32.7. The number of hydrogen-bond donors (Lipinski definition) is 2. The van der Waals surface area contributed by atoms with Crippen molar-refractivity contribution in [2.45, 2.75) is 71.3 Å². The van der Waals surface area contributed by atoms with E-state index in [1.165, 1.54) is 0 Å². The Kier molecular flexibility index (Phi) is 4.31. The van der Waals surface area contributed by atoms with Crippen LogP contribution in [0.3, 0.4) is 0 Å². The highest BCUT2D eigenvalue weighted by Crippen LogP contribution is 2.74. The van der Waals surface area contributed by atoms with Crippen LogP contribution < -0.4 is 0 Å². The van der Waals surface area contributed by atoms with Gasteiger partial charge in [-0.1, -0.05) is 39.0 Å². The van der Waals surface area contributed by atoms with Crippen molar-refractivity contribution >= 4 is 5.78 Å². The summed E-state index contributed by atoms with van der Waals surface area (Å²) in [5, 5.41) is 20.6. The van der Waals surface area contributed by atoms with Crippen LogP contribution in [0.2, 0.25) is 0 Å². The number of rotatable bonds is 2. The van der Waals surface area contributed by atoms with Crippen molar-refractivity contribution < 1.29 is 23.8 Å². The fourth-order valence-corrected chi connectivity index (χ4v) is 7.82. The van der Waals surface area contributed by atoms with Crippen molar-refractivity contribution in [3.63, 3.8) is 0 Å². The van der Waals surface area contributed by atoms with Gasteiger partial charge in [0.2, 0.25) is 0 Å². The average molecular weight is 395 g/mol. The number of carbonyl (C=O) groups is 1. The minimum atomic E-state index is -2.01. The van der Waals surface area contributed by atoms with Crippen LogP contribution in [0.5, 0.6) is 0 Å². The summed E-state index contributed by atoms with van der Waals surface area (Å²) in [6, 6.07) is 0. The molecule has 4 aliphatic rings. The highest BCUT2D eigenvalue weighted by Gasteiger charge is 2.77. The predicted octanol–water partition coefficient (Wildman–Crippen LogP) is 3.94. The lowest BCUT2D eigenvalue weighted by molar-refractivity contribution is -0.246. The molecular formula is C23H32F2O3. The third kappa shape index (κ3) is 2.13. The molecule has 0 radical (unpaired) electrons. The SMILES string of the molecule is CC1C=C[C@@]2(C)C(=C1)[C@@H](F)C[C@@]1(C)[C@@H]3CCC(C(=O)CO)[C@@]3(C)C[C@H](O)[C@]21F. The molecule has 156 valence electrons. The summed E-state index contributed by atoms with van der Waals surface area (Å²) in [5.41, 5.74) is -4.49. The summed E-state index contributed by atoms with van der Waals surface area (Å²) in [7, 11) is 0. The first kappa shape index (κ1) is 20.2. The molecular weight excluding hydrogens is 362 g/mol. The molecule has 3 fully saturated rings. The molecule has 0 bridgehead atoms. The zero-order chi connectivity index (χ0) is 20.7. The summed E-state index contributed by atoms with van der Waals surface area (Å²) in [6.45, 7) is 6.84. The Balaban J connectivity index is 1.87. The molecule has 4 aliphatic carbocycles. The van der Waals surface area contributed by atoms with E-state index in [4.69, 9.17) is 0 Å². The Bertz CT molecular complexity index is 763. The van der Waals surface area contributed by atoms with Crippen LogP contribution in [0.1, 0.15) is 53.4 Å². The molecule has 3 saturated carbocycles. The molecule has 2 unspecified atom stereocenters. The van der Waals surface area contributed by atoms with Crippen molar-refractivity contribution in [3.8, 4) is 0 Å². The van der Waals surface area contributed by atoms with E-state index in [9.17, 15) is 15.0 Å². The Morgan fingerprint density at radius 2 is 1.93 bits per heavy atom. The maximum absolute atomic E-state index is 17.2. The second-order valence-corrected chi connectivity index (χ2v) is 10.4. The number of aliphatic hydroxyl groups excluding tert-OH is 2. The second-order valence-electron chi connectivity index (χ2n) is 10.4. The van der Waals surface area contributed by atoms with Crippen molar-refractivity contribution in [2.24, 2.45) is 34.0 Å². The maximum atomic E-state index is 17.2. The van der Waals surface area contributed by atoms with E-state index >= 15 is 8.78 Å². The summed E-state index contributed by atoms with van der Waals surface area (Å²) >= 11 is 0. The number of Topliss-reactive ketones (excluding diaryl/α,β-unsaturated/α-hetero) is 1. The molecule has 0 aromatic carbocycles. The number of ketones is 1. The number of fused-ring (bicyclic) bond motifs is 5. The third-order valence-corrected chi connectivity index (χ3v) is 9.04. The number of aliphatic hydroxyl groups is 2. The molecule has 9 atom stereocenters. The topological polar surface area (TPSA) is 57.5 Å². The molecule has 0 aromatic heterocycles. The predicted molar refractivity (Wildman–Crippen MR) is 103 cm³/mol. The molecule has 4 rings (SSSR count). The molecule has 3 nitrogen and oxygen atoms in total. The summed E-state index contributed by atoms with van der Waals surface area (Å²) in [6.07, 6.45) is 4.26. The molecule has 0 aliphatic heterocycles. The molecule has 0 amide bonds. The number of allylic oxidation sites excluding steroid dienone is 4. The third-order valence-electron chi connectivity index (χ3n) is 9.04. The number of halogens is 2. The second kappa shape index (κ2) is 5.98. The first-order chi connectivity index (χ1) is 13.0. The van der Waals surface area contributed by atoms with Gasteiger partial charge in [0.15, 0.2) is 11.5 Å². The van der Waals surface area contributed by atoms with Crippen molar-refractivity contribution in [1.82, 2.24) is 0 Å². The van der Waals surface area contributed by atoms with Gasteiger partial charge in [0.1, 0.15) is 12.8 Å². The normalized spacial score (nSPS) is 55.1. The van der Waals surface area contributed by atoms with E-state index in [1.54, 1.807) is 19.9 Å². The van der Waals surface area contributed by atoms with Gasteiger partial charge in [-0.3, -0.25) is 4.79 Å². The molecule has 0 heterocycles. The quantitative estimate of drug-likeness (QED) is 0.698. The van der Waals surface area contributed by atoms with E-state index in [1.807, 2.05) is 26.0 Å². The van der Waals surface area contributed by atoms with E-state index in [2.05, 4.69) is 0 Å². The van der Waals surface area contributed by atoms with Crippen LogP contribution in [-0.2, 0) is 4.79 Å². The monoisotopic (exact) mass is 394 g/mol. The van der Waals surface area contributed by atoms with E-state index < -0.39 is 46.7 Å². The van der Waals surface area contributed by atoms with Crippen molar-refractivity contribution in [2.75, 3.05) is 6.61 Å². The van der Waals surface area contributed by atoms with Crippen molar-refractivity contribution in [1.29, 1.82) is 0 Å². The number of alkyl halides is 2. The minimum Gasteiger partial charge on any atom is -0.390 e. The molecule has 2 N–H and O–H groups in total. The first-order valence-corrected chi connectivity index (χ1v) is 10.5. The lowest BCUT2D eigenvalue weighted by atomic mass is 9.39. The molecule has 0 aromatic rings. The highest BCUT2D eigenvalue weighted by molar-refractivity contribution is 5.83. The summed E-state index contributed by atoms with van der Waals surface area (Å²) in [4.78, 5) is 12.4. The van der Waals surface area contributed by atoms with Crippen LogP contribution in [0, 0.1) is 34.0 Å². The maximum Gasteiger partial charge on any atom is 0.161 e. The van der Waals surface area contributed by atoms with Gasteiger partial charge in [-0.2, -0.15) is 0 Å². The Hall–Kier alpha value is -1.07. The Morgan fingerprint density at radius 1 is 1.25 bits per heavy atom. The zero-order valence-corrected chi connectivity index (χ0v) is 17.2. The van der Waals surface area contributed by atoms with Gasteiger partial charge in [-0.15, -0.1) is 0 Å². The van der Waals surface area contributed by atoms with Crippen molar-refractivity contribution in [3.05, 3.63) is 23.8 Å². The van der Waals surface area contributed by atoms with Crippen LogP contribution in [0.4, 0.5) is 8.78 Å². The number of carbonyl (C=O) groups excluding carboxylic acids is 1. The van der Waals surface area contributed by atoms with Crippen LogP contribution in [0.15, 0.2) is 23.8 Å². The minimum absolute atomic E-state index is 0.0167. The smallest absolute Gasteiger partial charge is 0.161 e. The number of hydrogen-bond acceptors (Lipinski definition) is 3. The highest BCUT2D eigenvalue weighted by atomic mass is 19.1. The standard InChI is InChI=1S/C23H32F2O3/c1-13-7-8-21(3)15(9-13)16(24)10-22(4)18-6-5-14(17(27)12-26)20(18,2)11-19(28)23(21,22)25/h7-9,13-14,16,18-19,26,28H,5-6,10-12H2,1-4H3/t13?,14?,16-,18+,19-,20+,21-,22-,23-/m0/s1. The van der Waals surface area contributed by atoms with Gasteiger partial charge in [0.25, 0.3) is 0 Å². The fraction of sp³-hybridized carbons (Fsp3) is 0.783. The molecule has 28 heavy (non-hydrogen) atoms. The van der Waals surface area contributed by atoms with Gasteiger partial charge in [-0.05, 0) is 55.4 Å². The first-order valence-electron chi connectivity index (χ1n) is 10.5. The van der Waals surface area contributed by atoms with E-state index in [0.717, 1.165) is 0 Å². The zero-order valence-electron chi connectivity index (χ0n) is 17.2. The molecule has 0 spiro atoms. The van der Waals surface area contributed by atoms with Crippen LogP contribution in [0.25, 0.3) is 0 Å². The lowest BCUT2D eigenvalue weighted by Crippen LogP contribution is -2.73. The van der Waals surface area contributed by atoms with Gasteiger partial charge in [-0.25, -0.2) is 8.78 Å². The van der Waals surface area contributed by atoms with Gasteiger partial charge >= 0.3 is 0 Å². The summed E-state index contributed by atoms with van der Waals surface area (Å²) in [5.74, 6) is -0.849. The lowest BCUT2D eigenvalue weighted by Gasteiger charge is -2.67. The fourth-order valence-electron chi connectivity index (χ4n) is 7.82. The Morgan fingerprint density at radius 3 is 2.57 bits per heavy atom. The molecule has 0 saturated heterocycles. The average Bonchev–Trinajstić information content (AvgIpc) is 2.97. The van der Waals surface area contributed by atoms with E-state index in [0.29, 0.717) is 18.4 Å². The van der Waals surface area contributed by atoms with Gasteiger partial charge < -0.3 is 10.2 Å². The van der Waals surface area contributed by atoms with Crippen LogP contribution in [-0.4, -0.2) is 40.5 Å². The van der Waals surface area contributed by atoms with Gasteiger partial charge in [0.05, 0.1) is 6.10 Å². The Labute approximate surface area is 165 Å². The molecule has 5 heteroatoms. The largest absolute Gasteiger partial charge is 0.390 e.